The highest BCUT2D eigenvalue weighted by molar-refractivity contribution is 6.39. The minimum atomic E-state index is -0.703. The van der Waals surface area contributed by atoms with E-state index in [0.717, 1.165) is 11.3 Å². The van der Waals surface area contributed by atoms with Gasteiger partial charge in [-0.2, -0.15) is 0 Å². The van der Waals surface area contributed by atoms with Crippen LogP contribution in [0.25, 0.3) is 0 Å². The highest BCUT2D eigenvalue weighted by Crippen LogP contribution is 2.21. The second-order valence-corrected chi connectivity index (χ2v) is 6.86. The molecule has 0 aliphatic rings. The van der Waals surface area contributed by atoms with Crippen LogP contribution in [0.15, 0.2) is 48.5 Å². The number of hydrogen-bond acceptors (Lipinski definition) is 5. The molecule has 7 heteroatoms. The number of benzene rings is 2. The van der Waals surface area contributed by atoms with E-state index in [1.807, 2.05) is 62.3 Å². The summed E-state index contributed by atoms with van der Waals surface area (Å²) in [6.45, 7) is 0.323. The molecule has 0 saturated carbocycles. The van der Waals surface area contributed by atoms with Crippen LogP contribution in [0.4, 0.5) is 11.4 Å². The van der Waals surface area contributed by atoms with Crippen LogP contribution in [0.2, 0.25) is 0 Å². The van der Waals surface area contributed by atoms with E-state index in [0.29, 0.717) is 18.0 Å². The van der Waals surface area contributed by atoms with Gasteiger partial charge < -0.3 is 25.2 Å². The predicted molar refractivity (Wildman–Crippen MR) is 112 cm³/mol. The lowest BCUT2D eigenvalue weighted by atomic mass is 10.1. The summed E-state index contributed by atoms with van der Waals surface area (Å²) < 4.78 is 5.07. The lowest BCUT2D eigenvalue weighted by Crippen LogP contribution is -2.40. The van der Waals surface area contributed by atoms with Crippen molar-refractivity contribution in [3.8, 4) is 5.75 Å². The Bertz CT molecular complexity index is 786. The molecule has 1 unspecified atom stereocenters. The van der Waals surface area contributed by atoms with Gasteiger partial charge in [0.25, 0.3) is 0 Å². The molecule has 2 N–H and O–H groups in total. The van der Waals surface area contributed by atoms with Gasteiger partial charge in [0.05, 0.1) is 13.2 Å². The Balaban J connectivity index is 1.96. The molecule has 0 aliphatic carbocycles. The number of nitrogens with zero attached hydrogens (tertiary/aromatic N) is 2. The molecule has 0 saturated heterocycles. The summed E-state index contributed by atoms with van der Waals surface area (Å²) in [4.78, 5) is 28.4. The number of ether oxygens (including phenoxy) is 1. The van der Waals surface area contributed by atoms with Gasteiger partial charge in [-0.3, -0.25) is 9.59 Å². The summed E-state index contributed by atoms with van der Waals surface area (Å²) in [5.74, 6) is -0.699. The van der Waals surface area contributed by atoms with Gasteiger partial charge in [0.15, 0.2) is 0 Å². The zero-order chi connectivity index (χ0) is 20.7. The number of methoxy groups -OCH3 is 1. The second-order valence-electron chi connectivity index (χ2n) is 6.86. The quantitative estimate of drug-likeness (QED) is 0.716. The molecule has 1 atom stereocenters. The summed E-state index contributed by atoms with van der Waals surface area (Å²) in [5.41, 5.74) is 2.69. The Hall–Kier alpha value is -3.06. The normalized spacial score (nSPS) is 11.6. The third-order valence-corrected chi connectivity index (χ3v) is 4.43. The van der Waals surface area contributed by atoms with E-state index in [4.69, 9.17) is 4.74 Å². The smallest absolute Gasteiger partial charge is 0.313 e. The maximum atomic E-state index is 12.2. The van der Waals surface area contributed by atoms with Crippen molar-refractivity contribution >= 4 is 23.2 Å². The van der Waals surface area contributed by atoms with E-state index in [1.165, 1.54) is 0 Å². The van der Waals surface area contributed by atoms with Gasteiger partial charge in [-0.15, -0.1) is 0 Å². The first kappa shape index (κ1) is 21.2. The molecule has 0 heterocycles. The summed E-state index contributed by atoms with van der Waals surface area (Å²) in [7, 11) is 9.42. The molecule has 0 fully saturated rings. The highest BCUT2D eigenvalue weighted by Gasteiger charge is 2.19. The number of carbonyl (C=O) groups excluding carboxylic acids is 2. The molecule has 0 aliphatic heterocycles. The summed E-state index contributed by atoms with van der Waals surface area (Å²) in [6, 6.07) is 14.9. The predicted octanol–water partition coefficient (Wildman–Crippen LogP) is 2.12. The van der Waals surface area contributed by atoms with Gasteiger partial charge in [0.1, 0.15) is 5.75 Å². The van der Waals surface area contributed by atoms with Crippen LogP contribution in [0, 0.1) is 0 Å². The molecule has 2 aromatic carbocycles. The first-order valence-corrected chi connectivity index (χ1v) is 8.98. The van der Waals surface area contributed by atoms with Gasteiger partial charge in [0, 0.05) is 32.0 Å². The first-order valence-electron chi connectivity index (χ1n) is 8.98. The standard InChI is InChI=1S/C21H28N4O3/c1-24(2)17-10-6-15(7-11-17)19(25(3)4)14-22-20(26)21(27)23-16-8-12-18(28-5)13-9-16/h6-13,19H,14H2,1-5H3,(H,22,26)(H,23,27). The van der Waals surface area contributed by atoms with Crippen molar-refractivity contribution in [3.05, 3.63) is 54.1 Å². The van der Waals surface area contributed by atoms with Crippen LogP contribution in [-0.4, -0.2) is 58.6 Å². The highest BCUT2D eigenvalue weighted by atomic mass is 16.5. The lowest BCUT2D eigenvalue weighted by Gasteiger charge is -2.25. The third-order valence-electron chi connectivity index (χ3n) is 4.43. The van der Waals surface area contributed by atoms with Crippen LogP contribution < -0.4 is 20.3 Å². The molecule has 0 radical (unpaired) electrons. The Kier molecular flexibility index (Phi) is 7.40. The second kappa shape index (κ2) is 9.75. The number of hydrogen-bond donors (Lipinski definition) is 2. The van der Waals surface area contributed by atoms with Crippen molar-refractivity contribution in [3.63, 3.8) is 0 Å². The number of carbonyl (C=O) groups is 2. The number of anilines is 2. The molecule has 150 valence electrons. The number of likely N-dealkylation sites (N-methyl/N-ethyl adjacent to an activating group) is 1. The average Bonchev–Trinajstić information content (AvgIpc) is 2.68. The van der Waals surface area contributed by atoms with E-state index in [-0.39, 0.29) is 6.04 Å². The molecule has 28 heavy (non-hydrogen) atoms. The topological polar surface area (TPSA) is 73.9 Å². The molecular weight excluding hydrogens is 356 g/mol. The lowest BCUT2D eigenvalue weighted by molar-refractivity contribution is -0.136. The molecule has 0 aromatic heterocycles. The molecule has 0 bridgehead atoms. The minimum Gasteiger partial charge on any atom is -0.497 e. The Morgan fingerprint density at radius 2 is 1.54 bits per heavy atom. The van der Waals surface area contributed by atoms with Gasteiger partial charge in [-0.1, -0.05) is 12.1 Å². The molecule has 2 amide bonds. The van der Waals surface area contributed by atoms with Gasteiger partial charge in [-0.05, 0) is 56.1 Å². The Morgan fingerprint density at radius 3 is 2.04 bits per heavy atom. The van der Waals surface area contributed by atoms with Gasteiger partial charge in [-0.25, -0.2) is 0 Å². The van der Waals surface area contributed by atoms with Crippen molar-refractivity contribution in [2.24, 2.45) is 0 Å². The fraction of sp³-hybridized carbons (Fsp3) is 0.333. The monoisotopic (exact) mass is 384 g/mol. The zero-order valence-corrected chi connectivity index (χ0v) is 17.0. The van der Waals surface area contributed by atoms with Crippen LogP contribution in [0.3, 0.4) is 0 Å². The number of nitrogens with one attached hydrogen (secondary N) is 2. The maximum absolute atomic E-state index is 12.2. The maximum Gasteiger partial charge on any atom is 0.313 e. The van der Waals surface area contributed by atoms with Gasteiger partial charge >= 0.3 is 11.8 Å². The zero-order valence-electron chi connectivity index (χ0n) is 17.0. The summed E-state index contributed by atoms with van der Waals surface area (Å²) >= 11 is 0. The van der Waals surface area contributed by atoms with Crippen LogP contribution in [0.5, 0.6) is 5.75 Å². The molecular formula is C21H28N4O3. The minimum absolute atomic E-state index is 0.0473. The molecule has 2 rings (SSSR count). The van der Waals surface area contributed by atoms with E-state index in [2.05, 4.69) is 10.6 Å². The fourth-order valence-electron chi connectivity index (χ4n) is 2.73. The van der Waals surface area contributed by atoms with E-state index < -0.39 is 11.8 Å². The molecule has 0 spiro atoms. The first-order chi connectivity index (χ1) is 13.3. The number of amides is 2. The summed E-state index contributed by atoms with van der Waals surface area (Å²) in [6.07, 6.45) is 0. The van der Waals surface area contributed by atoms with Crippen molar-refractivity contribution in [1.82, 2.24) is 10.2 Å². The van der Waals surface area contributed by atoms with E-state index in [1.54, 1.807) is 31.4 Å². The van der Waals surface area contributed by atoms with Crippen molar-refractivity contribution < 1.29 is 14.3 Å². The van der Waals surface area contributed by atoms with Gasteiger partial charge in [0.2, 0.25) is 0 Å². The van der Waals surface area contributed by atoms with E-state index in [9.17, 15) is 9.59 Å². The average molecular weight is 384 g/mol. The SMILES string of the molecule is COc1ccc(NC(=O)C(=O)NCC(c2ccc(N(C)C)cc2)N(C)C)cc1. The Morgan fingerprint density at radius 1 is 0.929 bits per heavy atom. The van der Waals surface area contributed by atoms with Crippen LogP contribution in [-0.2, 0) is 9.59 Å². The Labute approximate surface area is 166 Å². The third kappa shape index (κ3) is 5.72. The fourth-order valence-corrected chi connectivity index (χ4v) is 2.73. The summed E-state index contributed by atoms with van der Waals surface area (Å²) in [5, 5.41) is 5.29. The molecule has 7 nitrogen and oxygen atoms in total. The molecule has 2 aromatic rings. The van der Waals surface area contributed by atoms with Crippen LogP contribution in [0.1, 0.15) is 11.6 Å². The van der Waals surface area contributed by atoms with Crippen molar-refractivity contribution in [2.75, 3.05) is 52.1 Å². The largest absolute Gasteiger partial charge is 0.497 e. The van der Waals surface area contributed by atoms with Crippen LogP contribution >= 0.6 is 0 Å². The van der Waals surface area contributed by atoms with E-state index >= 15 is 0 Å². The number of rotatable bonds is 7. The van der Waals surface area contributed by atoms with Crippen molar-refractivity contribution in [1.29, 1.82) is 0 Å². The van der Waals surface area contributed by atoms with Crippen molar-refractivity contribution in [2.45, 2.75) is 6.04 Å².